The zero-order valence-electron chi connectivity index (χ0n) is 18.0. The Balaban J connectivity index is 1.24. The van der Waals surface area contributed by atoms with Gasteiger partial charge in [-0.3, -0.25) is 4.79 Å². The Kier molecular flexibility index (Phi) is 6.70. The SMILES string of the molecule is CCc1csc(-c2ccc(OCCCOc3ccc4[nH]c([C@H](C)C(=O)O)cc4c3)nc2)n1. The number of benzene rings is 1. The number of ether oxygens (including phenoxy) is 2. The number of aliphatic carboxylic acids is 1. The van der Waals surface area contributed by atoms with Gasteiger partial charge in [0.05, 0.1) is 24.8 Å². The van der Waals surface area contributed by atoms with Gasteiger partial charge in [0.1, 0.15) is 10.8 Å². The van der Waals surface area contributed by atoms with Crippen molar-refractivity contribution < 1.29 is 19.4 Å². The van der Waals surface area contributed by atoms with E-state index < -0.39 is 11.9 Å². The van der Waals surface area contributed by atoms with E-state index >= 15 is 0 Å². The van der Waals surface area contributed by atoms with Crippen molar-refractivity contribution in [2.75, 3.05) is 13.2 Å². The second-order valence-corrected chi connectivity index (χ2v) is 8.32. The molecule has 0 saturated heterocycles. The number of fused-ring (bicyclic) bond motifs is 1. The Morgan fingerprint density at radius 2 is 2.03 bits per heavy atom. The van der Waals surface area contributed by atoms with Crippen LogP contribution in [0.25, 0.3) is 21.5 Å². The number of carboxylic acids is 1. The fourth-order valence-corrected chi connectivity index (χ4v) is 4.10. The van der Waals surface area contributed by atoms with Crippen molar-refractivity contribution in [3.05, 3.63) is 59.4 Å². The molecule has 3 heterocycles. The van der Waals surface area contributed by atoms with Crippen molar-refractivity contribution in [3.63, 3.8) is 0 Å². The van der Waals surface area contributed by atoms with Crippen molar-refractivity contribution in [1.82, 2.24) is 15.0 Å². The third kappa shape index (κ3) is 5.08. The molecule has 32 heavy (non-hydrogen) atoms. The molecule has 0 saturated carbocycles. The van der Waals surface area contributed by atoms with Crippen LogP contribution < -0.4 is 9.47 Å². The fraction of sp³-hybridized carbons (Fsp3) is 0.292. The highest BCUT2D eigenvalue weighted by atomic mass is 32.1. The molecule has 0 fully saturated rings. The molecule has 0 radical (unpaired) electrons. The number of H-pyrrole nitrogens is 1. The molecule has 166 valence electrons. The van der Waals surface area contributed by atoms with Crippen LogP contribution in [0, 0.1) is 0 Å². The van der Waals surface area contributed by atoms with Crippen LogP contribution in [0.15, 0.2) is 48.0 Å². The standard InChI is InChI=1S/C24H25N3O4S/c1-3-18-14-32-23(26-18)16-5-8-22(25-13-16)31-10-4-9-30-19-6-7-20-17(11-19)12-21(27-20)15(2)24(28)29/h5-8,11-15,27H,3-4,9-10H2,1-2H3,(H,28,29)/t15-/m0/s1. The van der Waals surface area contributed by atoms with Crippen LogP contribution >= 0.6 is 11.3 Å². The number of nitrogens with zero attached hydrogens (tertiary/aromatic N) is 2. The van der Waals surface area contributed by atoms with E-state index in [4.69, 9.17) is 9.47 Å². The number of aromatic nitrogens is 3. The number of thiazole rings is 1. The molecule has 0 bridgehead atoms. The van der Waals surface area contributed by atoms with Crippen molar-refractivity contribution in [2.45, 2.75) is 32.6 Å². The van der Waals surface area contributed by atoms with Crippen LogP contribution in [-0.4, -0.2) is 39.2 Å². The predicted molar refractivity (Wildman–Crippen MR) is 125 cm³/mol. The minimum atomic E-state index is -0.856. The zero-order valence-corrected chi connectivity index (χ0v) is 18.8. The van der Waals surface area contributed by atoms with E-state index in [0.717, 1.165) is 39.3 Å². The van der Waals surface area contributed by atoms with Crippen molar-refractivity contribution in [1.29, 1.82) is 0 Å². The molecule has 1 atom stereocenters. The first-order chi connectivity index (χ1) is 15.5. The number of aromatic amines is 1. The summed E-state index contributed by atoms with van der Waals surface area (Å²) in [4.78, 5) is 23.3. The summed E-state index contributed by atoms with van der Waals surface area (Å²) in [6, 6.07) is 11.4. The quantitative estimate of drug-likeness (QED) is 0.318. The van der Waals surface area contributed by atoms with Crippen LogP contribution in [0.1, 0.15) is 37.6 Å². The molecule has 4 rings (SSSR count). The maximum absolute atomic E-state index is 11.2. The molecular formula is C24H25N3O4S. The molecule has 4 aromatic rings. The van der Waals surface area contributed by atoms with Crippen LogP contribution in [0.3, 0.4) is 0 Å². The second kappa shape index (κ2) is 9.82. The highest BCUT2D eigenvalue weighted by molar-refractivity contribution is 7.13. The summed E-state index contributed by atoms with van der Waals surface area (Å²) in [5, 5.41) is 13.1. The minimum absolute atomic E-state index is 0.496. The second-order valence-electron chi connectivity index (χ2n) is 7.47. The highest BCUT2D eigenvalue weighted by Crippen LogP contribution is 2.26. The van der Waals surface area contributed by atoms with E-state index in [9.17, 15) is 9.90 Å². The predicted octanol–water partition coefficient (Wildman–Crippen LogP) is 5.28. The average Bonchev–Trinajstić information content (AvgIpc) is 3.45. The molecule has 0 aliphatic rings. The summed E-state index contributed by atoms with van der Waals surface area (Å²) < 4.78 is 11.5. The van der Waals surface area contributed by atoms with Crippen LogP contribution in [0.2, 0.25) is 0 Å². The monoisotopic (exact) mass is 451 g/mol. The van der Waals surface area contributed by atoms with Gasteiger partial charge in [0.25, 0.3) is 0 Å². The third-order valence-corrected chi connectivity index (χ3v) is 6.09. The minimum Gasteiger partial charge on any atom is -0.493 e. The van der Waals surface area contributed by atoms with Gasteiger partial charge >= 0.3 is 5.97 Å². The van der Waals surface area contributed by atoms with E-state index in [1.54, 1.807) is 24.5 Å². The van der Waals surface area contributed by atoms with Crippen LogP contribution in [0.4, 0.5) is 0 Å². The Morgan fingerprint density at radius 1 is 1.19 bits per heavy atom. The molecule has 0 aliphatic carbocycles. The molecule has 0 aliphatic heterocycles. The molecule has 0 unspecified atom stereocenters. The maximum Gasteiger partial charge on any atom is 0.312 e. The number of hydrogen-bond acceptors (Lipinski definition) is 6. The number of rotatable bonds is 10. The van der Waals surface area contributed by atoms with Crippen LogP contribution in [0.5, 0.6) is 11.6 Å². The van der Waals surface area contributed by atoms with Crippen molar-refractivity contribution in [3.8, 4) is 22.2 Å². The number of carboxylic acid groups (broad SMARTS) is 1. The van der Waals surface area contributed by atoms with E-state index in [0.29, 0.717) is 31.2 Å². The number of carbonyl (C=O) groups is 1. The van der Waals surface area contributed by atoms with Gasteiger partial charge in [0.2, 0.25) is 5.88 Å². The third-order valence-electron chi connectivity index (χ3n) is 5.15. The zero-order chi connectivity index (χ0) is 22.5. The molecule has 0 amide bonds. The van der Waals surface area contributed by atoms with Gasteiger partial charge in [0.15, 0.2) is 0 Å². The van der Waals surface area contributed by atoms with Gasteiger partial charge in [0, 0.05) is 46.2 Å². The molecule has 1 aromatic carbocycles. The lowest BCUT2D eigenvalue weighted by molar-refractivity contribution is -0.138. The van der Waals surface area contributed by atoms with Gasteiger partial charge in [-0.25, -0.2) is 9.97 Å². The smallest absolute Gasteiger partial charge is 0.312 e. The number of aryl methyl sites for hydroxylation is 1. The Bertz CT molecular complexity index is 1200. The first kappa shape index (κ1) is 21.8. The largest absolute Gasteiger partial charge is 0.493 e. The van der Waals surface area contributed by atoms with Gasteiger partial charge in [-0.15, -0.1) is 11.3 Å². The lowest BCUT2D eigenvalue weighted by Crippen LogP contribution is -2.07. The summed E-state index contributed by atoms with van der Waals surface area (Å²) in [5.41, 5.74) is 3.65. The van der Waals surface area contributed by atoms with Gasteiger partial charge in [-0.05, 0) is 43.7 Å². The molecule has 7 nitrogen and oxygen atoms in total. The normalized spacial score (nSPS) is 12.1. The van der Waals surface area contributed by atoms with E-state index in [-0.39, 0.29) is 0 Å². The summed E-state index contributed by atoms with van der Waals surface area (Å²) in [6.45, 7) is 4.75. The summed E-state index contributed by atoms with van der Waals surface area (Å²) in [6.07, 6.45) is 3.43. The van der Waals surface area contributed by atoms with Gasteiger partial charge < -0.3 is 19.6 Å². The summed E-state index contributed by atoms with van der Waals surface area (Å²) in [7, 11) is 0. The first-order valence-electron chi connectivity index (χ1n) is 10.6. The Hall–Kier alpha value is -3.39. The van der Waals surface area contributed by atoms with E-state index in [1.165, 1.54) is 0 Å². The Labute approximate surface area is 190 Å². The Morgan fingerprint density at radius 3 is 2.75 bits per heavy atom. The molecule has 8 heteroatoms. The topological polar surface area (TPSA) is 97.3 Å². The van der Waals surface area contributed by atoms with Crippen molar-refractivity contribution >= 4 is 28.2 Å². The number of pyridine rings is 1. The van der Waals surface area contributed by atoms with Crippen molar-refractivity contribution in [2.24, 2.45) is 0 Å². The number of nitrogens with one attached hydrogen (secondary N) is 1. The van der Waals surface area contributed by atoms with Gasteiger partial charge in [-0.2, -0.15) is 0 Å². The summed E-state index contributed by atoms with van der Waals surface area (Å²) >= 11 is 1.62. The first-order valence-corrected chi connectivity index (χ1v) is 11.4. The molecule has 2 N–H and O–H groups in total. The van der Waals surface area contributed by atoms with Crippen LogP contribution in [-0.2, 0) is 11.2 Å². The van der Waals surface area contributed by atoms with E-state index in [2.05, 4.69) is 27.3 Å². The number of hydrogen-bond donors (Lipinski definition) is 2. The fourth-order valence-electron chi connectivity index (χ4n) is 3.21. The highest BCUT2D eigenvalue weighted by Gasteiger charge is 2.16. The maximum atomic E-state index is 11.2. The average molecular weight is 452 g/mol. The molecule has 3 aromatic heterocycles. The lowest BCUT2D eigenvalue weighted by atomic mass is 10.1. The van der Waals surface area contributed by atoms with Gasteiger partial charge in [-0.1, -0.05) is 6.92 Å². The van der Waals surface area contributed by atoms with E-state index in [1.807, 2.05) is 36.4 Å². The molecular weight excluding hydrogens is 426 g/mol. The summed E-state index contributed by atoms with van der Waals surface area (Å²) in [5.74, 6) is -0.119. The lowest BCUT2D eigenvalue weighted by Gasteiger charge is -2.08. The molecule has 0 spiro atoms.